The van der Waals surface area contributed by atoms with Crippen molar-refractivity contribution in [2.24, 2.45) is 0 Å². The fraction of sp³-hybridized carbons (Fsp3) is 0.231. The van der Waals surface area contributed by atoms with E-state index in [0.717, 1.165) is 15.5 Å². The van der Waals surface area contributed by atoms with Crippen molar-refractivity contribution in [3.8, 4) is 0 Å². The predicted molar refractivity (Wildman–Crippen MR) is 80.3 cm³/mol. The smallest absolute Gasteiger partial charge is 0.227 e. The molecule has 0 saturated heterocycles. The summed E-state index contributed by atoms with van der Waals surface area (Å²) >= 11 is 13.1. The first-order valence-corrected chi connectivity index (χ1v) is 7.46. The molecule has 0 radical (unpaired) electrons. The molecule has 3 nitrogen and oxygen atoms in total. The summed E-state index contributed by atoms with van der Waals surface area (Å²) in [5, 5.41) is 4.05. The fourth-order valence-electron chi connectivity index (χ4n) is 1.54. The lowest BCUT2D eigenvalue weighted by atomic mass is 10.1. The van der Waals surface area contributed by atoms with Crippen molar-refractivity contribution in [1.29, 1.82) is 0 Å². The van der Waals surface area contributed by atoms with Crippen molar-refractivity contribution in [3.63, 3.8) is 0 Å². The summed E-state index contributed by atoms with van der Waals surface area (Å²) in [7, 11) is 0. The third kappa shape index (κ3) is 4.20. The Bertz CT molecular complexity index is 571. The minimum Gasteiger partial charge on any atom is -0.302 e. The van der Waals surface area contributed by atoms with Gasteiger partial charge in [-0.15, -0.1) is 22.9 Å². The van der Waals surface area contributed by atoms with E-state index in [0.29, 0.717) is 23.9 Å². The van der Waals surface area contributed by atoms with E-state index in [1.807, 2.05) is 24.3 Å². The molecule has 1 amide bonds. The summed E-state index contributed by atoms with van der Waals surface area (Å²) in [6.45, 7) is 0. The number of rotatable bonds is 5. The van der Waals surface area contributed by atoms with Crippen LogP contribution in [0.4, 0.5) is 5.13 Å². The van der Waals surface area contributed by atoms with Crippen LogP contribution in [-0.4, -0.2) is 16.8 Å². The van der Waals surface area contributed by atoms with E-state index in [-0.39, 0.29) is 5.91 Å². The average Bonchev–Trinajstić information content (AvgIpc) is 2.80. The summed E-state index contributed by atoms with van der Waals surface area (Å²) in [5.41, 5.74) is 1.05. The van der Waals surface area contributed by atoms with Crippen LogP contribution < -0.4 is 5.32 Å². The monoisotopic (exact) mass is 314 g/mol. The third-order valence-electron chi connectivity index (χ3n) is 2.44. The highest BCUT2D eigenvalue weighted by Gasteiger charge is 2.08. The Morgan fingerprint density at radius 3 is 2.89 bits per heavy atom. The SMILES string of the molecule is O=C(CCCl)Nc1ncc(Cc2ccccc2Cl)s1. The standard InChI is InChI=1S/C13H12Cl2N2OS/c14-6-5-12(18)17-13-16-8-10(19-13)7-9-3-1-2-4-11(9)15/h1-4,8H,5-7H2,(H,16,17,18). The number of carbonyl (C=O) groups excluding carboxylic acids is 1. The van der Waals surface area contributed by atoms with Crippen LogP contribution >= 0.6 is 34.5 Å². The van der Waals surface area contributed by atoms with Crippen LogP contribution in [0.5, 0.6) is 0 Å². The zero-order valence-electron chi connectivity index (χ0n) is 10.0. The van der Waals surface area contributed by atoms with E-state index in [1.165, 1.54) is 11.3 Å². The van der Waals surface area contributed by atoms with Gasteiger partial charge in [-0.1, -0.05) is 29.8 Å². The van der Waals surface area contributed by atoms with Crippen molar-refractivity contribution in [2.75, 3.05) is 11.2 Å². The van der Waals surface area contributed by atoms with Crippen molar-refractivity contribution in [3.05, 3.63) is 45.9 Å². The molecule has 2 aromatic rings. The fourth-order valence-corrected chi connectivity index (χ4v) is 2.77. The molecule has 0 fully saturated rings. The quantitative estimate of drug-likeness (QED) is 0.849. The number of amides is 1. The van der Waals surface area contributed by atoms with Gasteiger partial charge in [-0.05, 0) is 11.6 Å². The van der Waals surface area contributed by atoms with Crippen LogP contribution in [0.3, 0.4) is 0 Å². The summed E-state index contributed by atoms with van der Waals surface area (Å²) in [6.07, 6.45) is 2.76. The maximum Gasteiger partial charge on any atom is 0.227 e. The molecule has 1 aromatic heterocycles. The number of aromatic nitrogens is 1. The van der Waals surface area contributed by atoms with Gasteiger partial charge in [0.25, 0.3) is 0 Å². The second kappa shape index (κ2) is 6.89. The number of benzene rings is 1. The summed E-state index contributed by atoms with van der Waals surface area (Å²) in [4.78, 5) is 16.6. The summed E-state index contributed by atoms with van der Waals surface area (Å²) in [5.74, 6) is 0.192. The minimum atomic E-state index is -0.117. The lowest BCUT2D eigenvalue weighted by Crippen LogP contribution is -2.11. The molecule has 1 heterocycles. The largest absolute Gasteiger partial charge is 0.302 e. The lowest BCUT2D eigenvalue weighted by Gasteiger charge is -2.00. The highest BCUT2D eigenvalue weighted by Crippen LogP contribution is 2.24. The van der Waals surface area contributed by atoms with Crippen molar-refractivity contribution in [2.45, 2.75) is 12.8 Å². The highest BCUT2D eigenvalue weighted by atomic mass is 35.5. The molecule has 19 heavy (non-hydrogen) atoms. The maximum atomic E-state index is 11.4. The van der Waals surface area contributed by atoms with Gasteiger partial charge in [0.2, 0.25) is 5.91 Å². The molecule has 1 aromatic carbocycles. The Kier molecular flexibility index (Phi) is 5.19. The van der Waals surface area contributed by atoms with Gasteiger partial charge >= 0.3 is 0 Å². The first-order valence-electron chi connectivity index (χ1n) is 5.73. The number of anilines is 1. The number of halogens is 2. The molecule has 0 saturated carbocycles. The molecular weight excluding hydrogens is 303 g/mol. The van der Waals surface area contributed by atoms with Crippen molar-refractivity contribution < 1.29 is 4.79 Å². The van der Waals surface area contributed by atoms with Crippen LogP contribution in [0, 0.1) is 0 Å². The summed E-state index contributed by atoms with van der Waals surface area (Å²) < 4.78 is 0. The van der Waals surface area contributed by atoms with E-state index in [2.05, 4.69) is 10.3 Å². The van der Waals surface area contributed by atoms with Crippen LogP contribution in [0.25, 0.3) is 0 Å². The van der Waals surface area contributed by atoms with E-state index >= 15 is 0 Å². The number of hydrogen-bond donors (Lipinski definition) is 1. The number of alkyl halides is 1. The minimum absolute atomic E-state index is 0.117. The zero-order valence-corrected chi connectivity index (χ0v) is 12.4. The molecule has 0 aliphatic carbocycles. The number of carbonyl (C=O) groups is 1. The van der Waals surface area contributed by atoms with E-state index in [1.54, 1.807) is 6.20 Å². The van der Waals surface area contributed by atoms with Gasteiger partial charge in [-0.3, -0.25) is 4.79 Å². The maximum absolute atomic E-state index is 11.4. The predicted octanol–water partition coefficient (Wildman–Crippen LogP) is 3.95. The van der Waals surface area contributed by atoms with Crippen LogP contribution in [0.2, 0.25) is 5.02 Å². The normalized spacial score (nSPS) is 10.4. The highest BCUT2D eigenvalue weighted by molar-refractivity contribution is 7.15. The van der Waals surface area contributed by atoms with Gasteiger partial charge in [0.1, 0.15) is 0 Å². The van der Waals surface area contributed by atoms with Gasteiger partial charge in [-0.25, -0.2) is 4.98 Å². The van der Waals surface area contributed by atoms with Gasteiger partial charge < -0.3 is 5.32 Å². The van der Waals surface area contributed by atoms with E-state index in [4.69, 9.17) is 23.2 Å². The molecule has 2 rings (SSSR count). The molecule has 0 bridgehead atoms. The molecule has 0 spiro atoms. The lowest BCUT2D eigenvalue weighted by molar-refractivity contribution is -0.115. The number of nitrogens with zero attached hydrogens (tertiary/aromatic N) is 1. The molecule has 6 heteroatoms. The molecule has 1 N–H and O–H groups in total. The first kappa shape index (κ1) is 14.3. The summed E-state index contributed by atoms with van der Waals surface area (Å²) in [6, 6.07) is 7.69. The van der Waals surface area contributed by atoms with Crippen molar-refractivity contribution >= 4 is 45.6 Å². The Balaban J connectivity index is 2.02. The molecule has 100 valence electrons. The zero-order chi connectivity index (χ0) is 13.7. The number of nitrogens with one attached hydrogen (secondary N) is 1. The van der Waals surface area contributed by atoms with Gasteiger partial charge in [0.15, 0.2) is 5.13 Å². The van der Waals surface area contributed by atoms with E-state index in [9.17, 15) is 4.79 Å². The molecule has 0 aliphatic heterocycles. The Labute approximate surface area is 125 Å². The molecule has 0 unspecified atom stereocenters. The molecule has 0 atom stereocenters. The van der Waals surface area contributed by atoms with Crippen LogP contribution in [0.15, 0.2) is 30.5 Å². The van der Waals surface area contributed by atoms with Gasteiger partial charge in [0.05, 0.1) is 0 Å². The topological polar surface area (TPSA) is 42.0 Å². The van der Waals surface area contributed by atoms with Crippen LogP contribution in [-0.2, 0) is 11.2 Å². The van der Waals surface area contributed by atoms with Crippen molar-refractivity contribution in [1.82, 2.24) is 4.98 Å². The number of thiazole rings is 1. The second-order valence-corrected chi connectivity index (χ2v) is 5.79. The van der Waals surface area contributed by atoms with Crippen LogP contribution in [0.1, 0.15) is 16.9 Å². The molecule has 0 aliphatic rings. The average molecular weight is 315 g/mol. The number of hydrogen-bond acceptors (Lipinski definition) is 3. The Morgan fingerprint density at radius 1 is 1.37 bits per heavy atom. The van der Waals surface area contributed by atoms with E-state index < -0.39 is 0 Å². The Morgan fingerprint density at radius 2 is 2.16 bits per heavy atom. The Hall–Kier alpha value is -1.10. The van der Waals surface area contributed by atoms with Gasteiger partial charge in [0, 0.05) is 34.8 Å². The molecular formula is C13H12Cl2N2OS. The first-order chi connectivity index (χ1) is 9.19. The second-order valence-electron chi connectivity index (χ2n) is 3.89. The van der Waals surface area contributed by atoms with Gasteiger partial charge in [-0.2, -0.15) is 0 Å². The third-order valence-corrected chi connectivity index (χ3v) is 3.91.